The lowest BCUT2D eigenvalue weighted by Gasteiger charge is -2.19. The molecule has 130 valence electrons. The first-order chi connectivity index (χ1) is 11.5. The summed E-state index contributed by atoms with van der Waals surface area (Å²) in [6.07, 6.45) is 1.09. The van der Waals surface area contributed by atoms with Gasteiger partial charge in [0, 0.05) is 17.8 Å². The molecule has 0 unspecified atom stereocenters. The minimum atomic E-state index is -0.101. The summed E-state index contributed by atoms with van der Waals surface area (Å²) >= 11 is 1.81. The van der Waals surface area contributed by atoms with Crippen LogP contribution in [-0.4, -0.2) is 19.6 Å². The van der Waals surface area contributed by atoms with Gasteiger partial charge in [-0.25, -0.2) is 0 Å². The fourth-order valence-corrected chi connectivity index (χ4v) is 3.49. The van der Waals surface area contributed by atoms with Crippen LogP contribution >= 0.6 is 11.3 Å². The summed E-state index contributed by atoms with van der Waals surface area (Å²) in [6, 6.07) is 10.4. The molecule has 2 aromatic rings. The molecule has 1 aromatic heterocycles. The first kappa shape index (κ1) is 18.5. The number of hydrogen-bond donors (Lipinski definition) is 2. The number of ether oxygens (including phenoxy) is 1. The topological polar surface area (TPSA) is 50.4 Å². The van der Waals surface area contributed by atoms with Crippen molar-refractivity contribution in [1.29, 1.82) is 0 Å². The molecule has 2 rings (SSSR count). The van der Waals surface area contributed by atoms with Gasteiger partial charge in [-0.05, 0) is 54.9 Å². The monoisotopic (exact) mass is 346 g/mol. The van der Waals surface area contributed by atoms with E-state index in [9.17, 15) is 4.79 Å². The van der Waals surface area contributed by atoms with Crippen LogP contribution in [0.15, 0.2) is 35.7 Å². The zero-order valence-electron chi connectivity index (χ0n) is 14.8. The van der Waals surface area contributed by atoms with E-state index in [-0.39, 0.29) is 11.9 Å². The Bertz CT molecular complexity index is 655. The van der Waals surface area contributed by atoms with Gasteiger partial charge in [0.15, 0.2) is 0 Å². The van der Waals surface area contributed by atoms with E-state index in [1.54, 1.807) is 7.11 Å². The van der Waals surface area contributed by atoms with Crippen molar-refractivity contribution in [3.05, 3.63) is 46.2 Å². The van der Waals surface area contributed by atoms with E-state index in [1.807, 2.05) is 29.5 Å². The molecule has 1 aromatic carbocycles. The molecule has 0 saturated heterocycles. The summed E-state index contributed by atoms with van der Waals surface area (Å²) in [5.41, 5.74) is 1.84. The minimum Gasteiger partial charge on any atom is -0.495 e. The zero-order chi connectivity index (χ0) is 17.5. The fraction of sp³-hybridized carbons (Fsp3) is 0.421. The number of nitrogens with one attached hydrogen (secondary N) is 2. The van der Waals surface area contributed by atoms with E-state index in [4.69, 9.17) is 4.74 Å². The molecular weight excluding hydrogens is 320 g/mol. The largest absolute Gasteiger partial charge is 0.495 e. The second-order valence-electron chi connectivity index (χ2n) is 6.16. The van der Waals surface area contributed by atoms with Crippen LogP contribution in [0.4, 0.5) is 5.69 Å². The van der Waals surface area contributed by atoms with Gasteiger partial charge in [-0.2, -0.15) is 0 Å². The molecule has 2 atom stereocenters. The smallest absolute Gasteiger partial charge is 0.221 e. The number of benzene rings is 1. The number of rotatable bonds is 8. The fourth-order valence-electron chi connectivity index (χ4n) is 2.62. The van der Waals surface area contributed by atoms with Crippen LogP contribution in [0.2, 0.25) is 0 Å². The predicted octanol–water partition coefficient (Wildman–Crippen LogP) is 4.24. The lowest BCUT2D eigenvalue weighted by atomic mass is 10.0. The Morgan fingerprint density at radius 2 is 2.08 bits per heavy atom. The number of anilines is 1. The Morgan fingerprint density at radius 3 is 2.71 bits per heavy atom. The summed E-state index contributed by atoms with van der Waals surface area (Å²) < 4.78 is 5.30. The van der Waals surface area contributed by atoms with Gasteiger partial charge in [-0.1, -0.05) is 19.1 Å². The molecule has 0 fully saturated rings. The normalized spacial score (nSPS) is 13.3. The maximum atomic E-state index is 11.3. The number of thiophene rings is 1. The molecule has 0 aliphatic heterocycles. The maximum absolute atomic E-state index is 11.3. The van der Waals surface area contributed by atoms with E-state index in [0.29, 0.717) is 17.4 Å². The van der Waals surface area contributed by atoms with Crippen molar-refractivity contribution in [1.82, 2.24) is 5.32 Å². The van der Waals surface area contributed by atoms with E-state index in [2.05, 4.69) is 42.0 Å². The van der Waals surface area contributed by atoms with Crippen molar-refractivity contribution in [3.8, 4) is 5.75 Å². The second-order valence-corrected chi connectivity index (χ2v) is 7.19. The number of amides is 1. The van der Waals surface area contributed by atoms with Gasteiger partial charge in [0.2, 0.25) is 5.91 Å². The van der Waals surface area contributed by atoms with Gasteiger partial charge in [0.1, 0.15) is 5.75 Å². The van der Waals surface area contributed by atoms with Gasteiger partial charge < -0.3 is 15.4 Å². The molecule has 0 bridgehead atoms. The van der Waals surface area contributed by atoms with Crippen molar-refractivity contribution < 1.29 is 9.53 Å². The molecule has 0 aliphatic carbocycles. The molecule has 5 heteroatoms. The molecule has 1 heterocycles. The van der Waals surface area contributed by atoms with Crippen LogP contribution in [-0.2, 0) is 11.2 Å². The van der Waals surface area contributed by atoms with Gasteiger partial charge in [-0.15, -0.1) is 11.3 Å². The predicted molar refractivity (Wildman–Crippen MR) is 101 cm³/mol. The van der Waals surface area contributed by atoms with E-state index in [0.717, 1.165) is 18.5 Å². The van der Waals surface area contributed by atoms with Crippen LogP contribution in [0.5, 0.6) is 5.75 Å². The van der Waals surface area contributed by atoms with Crippen LogP contribution < -0.4 is 15.4 Å². The van der Waals surface area contributed by atoms with Gasteiger partial charge in [0.25, 0.3) is 0 Å². The molecule has 0 aliphatic rings. The Morgan fingerprint density at radius 1 is 1.29 bits per heavy atom. The highest BCUT2D eigenvalue weighted by atomic mass is 32.1. The van der Waals surface area contributed by atoms with Crippen molar-refractivity contribution in [2.75, 3.05) is 19.0 Å². The summed E-state index contributed by atoms with van der Waals surface area (Å²) in [6.45, 7) is 6.84. The number of methoxy groups -OCH3 is 1. The second kappa shape index (κ2) is 8.85. The van der Waals surface area contributed by atoms with Crippen LogP contribution in [0.3, 0.4) is 0 Å². The molecular formula is C19H26N2O2S. The van der Waals surface area contributed by atoms with Crippen LogP contribution in [0.1, 0.15) is 37.3 Å². The van der Waals surface area contributed by atoms with E-state index >= 15 is 0 Å². The molecule has 1 amide bonds. The first-order valence-electron chi connectivity index (χ1n) is 8.21. The molecule has 24 heavy (non-hydrogen) atoms. The highest BCUT2D eigenvalue weighted by Crippen LogP contribution is 2.28. The van der Waals surface area contributed by atoms with Gasteiger partial charge in [-0.3, -0.25) is 4.79 Å². The van der Waals surface area contributed by atoms with Crippen molar-refractivity contribution in [3.63, 3.8) is 0 Å². The molecule has 0 spiro atoms. The SMILES string of the molecule is COc1ccc([C@H](C)NC[C@@H](C)Cc2cccs2)cc1NC(C)=O. The average Bonchev–Trinajstić information content (AvgIpc) is 3.05. The number of hydrogen-bond acceptors (Lipinski definition) is 4. The molecule has 0 saturated carbocycles. The average molecular weight is 346 g/mol. The van der Waals surface area contributed by atoms with Gasteiger partial charge in [0.05, 0.1) is 12.8 Å². The number of carbonyl (C=O) groups is 1. The lowest BCUT2D eigenvalue weighted by Crippen LogP contribution is -2.25. The van der Waals surface area contributed by atoms with Crippen molar-refractivity contribution in [2.24, 2.45) is 5.92 Å². The van der Waals surface area contributed by atoms with Crippen molar-refractivity contribution >= 4 is 22.9 Å². The Balaban J connectivity index is 1.95. The Kier molecular flexibility index (Phi) is 6.82. The Hall–Kier alpha value is -1.85. The van der Waals surface area contributed by atoms with E-state index in [1.165, 1.54) is 11.8 Å². The van der Waals surface area contributed by atoms with E-state index < -0.39 is 0 Å². The van der Waals surface area contributed by atoms with Crippen molar-refractivity contribution in [2.45, 2.75) is 33.2 Å². The quantitative estimate of drug-likeness (QED) is 0.751. The maximum Gasteiger partial charge on any atom is 0.221 e. The highest BCUT2D eigenvalue weighted by Gasteiger charge is 2.12. The van der Waals surface area contributed by atoms with Crippen LogP contribution in [0, 0.1) is 5.92 Å². The van der Waals surface area contributed by atoms with Crippen LogP contribution in [0.25, 0.3) is 0 Å². The third-order valence-corrected chi connectivity index (χ3v) is 4.84. The third-order valence-electron chi connectivity index (χ3n) is 3.94. The molecule has 4 nitrogen and oxygen atoms in total. The molecule has 0 radical (unpaired) electrons. The molecule has 2 N–H and O–H groups in total. The standard InChI is InChI=1S/C19H26N2O2S/c1-13(10-17-6-5-9-24-17)12-20-14(2)16-7-8-19(23-4)18(11-16)21-15(3)22/h5-9,11,13-14,20H,10,12H2,1-4H3,(H,21,22)/t13-,14-/m0/s1. The minimum absolute atomic E-state index is 0.101. The Labute approximate surface area is 148 Å². The zero-order valence-corrected chi connectivity index (χ0v) is 15.6. The summed E-state index contributed by atoms with van der Waals surface area (Å²) in [4.78, 5) is 12.8. The van der Waals surface area contributed by atoms with Gasteiger partial charge >= 0.3 is 0 Å². The highest BCUT2D eigenvalue weighted by molar-refractivity contribution is 7.09. The summed E-state index contributed by atoms with van der Waals surface area (Å²) in [5, 5.41) is 8.53. The summed E-state index contributed by atoms with van der Waals surface area (Å²) in [7, 11) is 1.61. The third kappa shape index (κ3) is 5.35. The lowest BCUT2D eigenvalue weighted by molar-refractivity contribution is -0.114. The first-order valence-corrected chi connectivity index (χ1v) is 9.09. The summed E-state index contributed by atoms with van der Waals surface area (Å²) in [5.74, 6) is 1.14. The number of carbonyl (C=O) groups excluding carboxylic acids is 1.